The van der Waals surface area contributed by atoms with Crippen LogP contribution in [0.2, 0.25) is 0 Å². The van der Waals surface area contributed by atoms with Crippen molar-refractivity contribution in [3.05, 3.63) is 49.1 Å². The molecule has 0 bridgehead atoms. The predicted molar refractivity (Wildman–Crippen MR) is 68.7 cm³/mol. The third-order valence-electron chi connectivity index (χ3n) is 2.45. The number of aromatic nitrogens is 2. The van der Waals surface area contributed by atoms with Gasteiger partial charge in [-0.25, -0.2) is 9.37 Å². The second-order valence-electron chi connectivity index (χ2n) is 3.67. The van der Waals surface area contributed by atoms with Gasteiger partial charge in [0, 0.05) is 30.7 Å². The molecule has 0 fully saturated rings. The molecule has 0 aliphatic carbocycles. The van der Waals surface area contributed by atoms with Gasteiger partial charge in [0.05, 0.1) is 7.11 Å². The fourth-order valence-corrected chi connectivity index (χ4v) is 1.59. The number of imidazole rings is 1. The highest BCUT2D eigenvalue weighted by molar-refractivity contribution is 5.56. The molecule has 0 saturated carbocycles. The molecule has 0 radical (unpaired) electrons. The third kappa shape index (κ3) is 2.51. The van der Waals surface area contributed by atoms with Gasteiger partial charge >= 0.3 is 0 Å². The molecule has 5 heteroatoms. The number of halogens is 1. The number of ether oxygens (including phenoxy) is 1. The van der Waals surface area contributed by atoms with Gasteiger partial charge in [-0.1, -0.05) is 6.08 Å². The van der Waals surface area contributed by atoms with Crippen LogP contribution in [0, 0.1) is 5.82 Å². The van der Waals surface area contributed by atoms with Crippen molar-refractivity contribution < 1.29 is 9.13 Å². The summed E-state index contributed by atoms with van der Waals surface area (Å²) in [6, 6.07) is 4.56. The molecule has 1 aromatic carbocycles. The maximum absolute atomic E-state index is 13.3. The highest BCUT2D eigenvalue weighted by Crippen LogP contribution is 2.23. The fraction of sp³-hybridized carbons (Fsp3) is 0.154. The van der Waals surface area contributed by atoms with Crippen molar-refractivity contribution in [3.8, 4) is 5.75 Å². The van der Waals surface area contributed by atoms with E-state index in [0.29, 0.717) is 18.2 Å². The summed E-state index contributed by atoms with van der Waals surface area (Å²) in [4.78, 5) is 4.18. The van der Waals surface area contributed by atoms with Gasteiger partial charge < -0.3 is 14.6 Å². The van der Waals surface area contributed by atoms with E-state index in [9.17, 15) is 4.39 Å². The normalized spacial score (nSPS) is 10.1. The molecule has 1 N–H and O–H groups in total. The lowest BCUT2D eigenvalue weighted by Gasteiger charge is -2.09. The molecule has 0 spiro atoms. The van der Waals surface area contributed by atoms with E-state index in [4.69, 9.17) is 4.74 Å². The molecule has 2 rings (SSSR count). The minimum absolute atomic E-state index is 0.196. The Morgan fingerprint density at radius 1 is 1.56 bits per heavy atom. The summed E-state index contributed by atoms with van der Waals surface area (Å²) >= 11 is 0. The smallest absolute Gasteiger partial charge is 0.207 e. The van der Waals surface area contributed by atoms with Gasteiger partial charge in [-0.2, -0.15) is 0 Å². The highest BCUT2D eigenvalue weighted by Gasteiger charge is 2.06. The molecular formula is C13H14FN3O. The number of anilines is 2. The largest absolute Gasteiger partial charge is 0.494 e. The van der Waals surface area contributed by atoms with Crippen molar-refractivity contribution in [1.29, 1.82) is 0 Å². The quantitative estimate of drug-likeness (QED) is 0.825. The molecule has 2 aromatic rings. The fourth-order valence-electron chi connectivity index (χ4n) is 1.59. The molecule has 0 aliphatic heterocycles. The van der Waals surface area contributed by atoms with Crippen molar-refractivity contribution in [2.24, 2.45) is 0 Å². The number of hydrogen-bond donors (Lipinski definition) is 1. The SMILES string of the molecule is C=CCn1ccnc1Nc1ccc(F)c(OC)c1. The lowest BCUT2D eigenvalue weighted by atomic mass is 10.3. The zero-order chi connectivity index (χ0) is 13.0. The van der Waals surface area contributed by atoms with E-state index in [2.05, 4.69) is 16.9 Å². The number of hydrogen-bond acceptors (Lipinski definition) is 3. The number of nitrogens with one attached hydrogen (secondary N) is 1. The summed E-state index contributed by atoms with van der Waals surface area (Å²) in [7, 11) is 1.43. The average molecular weight is 247 g/mol. The summed E-state index contributed by atoms with van der Waals surface area (Å²) < 4.78 is 20.1. The van der Waals surface area contributed by atoms with Crippen LogP contribution in [0.5, 0.6) is 5.75 Å². The summed E-state index contributed by atoms with van der Waals surface area (Å²) in [6.45, 7) is 4.33. The summed E-state index contributed by atoms with van der Waals surface area (Å²) in [5.74, 6) is 0.475. The standard InChI is InChI=1S/C13H14FN3O/c1-3-7-17-8-6-15-13(17)16-10-4-5-11(14)12(9-10)18-2/h3-6,8-9H,1,7H2,2H3,(H,15,16). The third-order valence-corrected chi connectivity index (χ3v) is 2.45. The molecular weight excluding hydrogens is 233 g/mol. The van der Waals surface area contributed by atoms with Crippen LogP contribution >= 0.6 is 0 Å². The first kappa shape index (κ1) is 12.2. The van der Waals surface area contributed by atoms with Crippen molar-refractivity contribution in [3.63, 3.8) is 0 Å². The Morgan fingerprint density at radius 2 is 2.39 bits per heavy atom. The molecule has 1 aromatic heterocycles. The van der Waals surface area contributed by atoms with Crippen LogP contribution in [0.3, 0.4) is 0 Å². The molecule has 4 nitrogen and oxygen atoms in total. The summed E-state index contributed by atoms with van der Waals surface area (Å²) in [6.07, 6.45) is 5.30. The minimum Gasteiger partial charge on any atom is -0.494 e. The van der Waals surface area contributed by atoms with Crippen molar-refractivity contribution in [1.82, 2.24) is 9.55 Å². The monoisotopic (exact) mass is 247 g/mol. The molecule has 0 amide bonds. The van der Waals surface area contributed by atoms with Crippen LogP contribution in [0.15, 0.2) is 43.2 Å². The topological polar surface area (TPSA) is 39.1 Å². The van der Waals surface area contributed by atoms with E-state index < -0.39 is 5.82 Å². The van der Waals surface area contributed by atoms with Crippen LogP contribution < -0.4 is 10.1 Å². The van der Waals surface area contributed by atoms with Gasteiger partial charge in [-0.05, 0) is 12.1 Å². The number of rotatable bonds is 5. The number of methoxy groups -OCH3 is 1. The van der Waals surface area contributed by atoms with Crippen LogP contribution in [0.1, 0.15) is 0 Å². The Balaban J connectivity index is 2.22. The molecule has 1 heterocycles. The number of benzene rings is 1. The maximum atomic E-state index is 13.3. The Morgan fingerprint density at radius 3 is 3.11 bits per heavy atom. The molecule has 0 aliphatic rings. The van der Waals surface area contributed by atoms with Crippen LogP contribution in [0.4, 0.5) is 16.0 Å². The molecule has 0 atom stereocenters. The first-order chi connectivity index (χ1) is 8.74. The molecule has 0 unspecified atom stereocenters. The van der Waals surface area contributed by atoms with Crippen molar-refractivity contribution in [2.45, 2.75) is 6.54 Å². The lowest BCUT2D eigenvalue weighted by Crippen LogP contribution is -2.02. The zero-order valence-electron chi connectivity index (χ0n) is 10.1. The number of nitrogens with zero attached hydrogens (tertiary/aromatic N) is 2. The molecule has 18 heavy (non-hydrogen) atoms. The predicted octanol–water partition coefficient (Wildman–Crippen LogP) is 2.96. The van der Waals surface area contributed by atoms with Gasteiger partial charge in [0.1, 0.15) is 0 Å². The van der Waals surface area contributed by atoms with Gasteiger partial charge in [-0.15, -0.1) is 6.58 Å². The average Bonchev–Trinajstić information content (AvgIpc) is 2.80. The van der Waals surface area contributed by atoms with E-state index in [1.165, 1.54) is 13.2 Å². The Labute approximate surface area is 105 Å². The second-order valence-corrected chi connectivity index (χ2v) is 3.67. The Kier molecular flexibility index (Phi) is 3.62. The van der Waals surface area contributed by atoms with E-state index >= 15 is 0 Å². The van der Waals surface area contributed by atoms with E-state index in [1.54, 1.807) is 24.4 Å². The zero-order valence-corrected chi connectivity index (χ0v) is 10.1. The van der Waals surface area contributed by atoms with Crippen LogP contribution in [-0.4, -0.2) is 16.7 Å². The molecule has 0 saturated heterocycles. The summed E-state index contributed by atoms with van der Waals surface area (Å²) in [5, 5.41) is 3.10. The lowest BCUT2D eigenvalue weighted by molar-refractivity contribution is 0.387. The molecule has 94 valence electrons. The van der Waals surface area contributed by atoms with E-state index in [-0.39, 0.29) is 5.75 Å². The van der Waals surface area contributed by atoms with Gasteiger partial charge in [-0.3, -0.25) is 0 Å². The maximum Gasteiger partial charge on any atom is 0.207 e. The Bertz CT molecular complexity index is 551. The number of allylic oxidation sites excluding steroid dienone is 1. The van der Waals surface area contributed by atoms with Gasteiger partial charge in [0.25, 0.3) is 0 Å². The van der Waals surface area contributed by atoms with E-state index in [0.717, 1.165) is 0 Å². The second kappa shape index (κ2) is 5.35. The van der Waals surface area contributed by atoms with E-state index in [1.807, 2.05) is 10.8 Å². The minimum atomic E-state index is -0.391. The summed E-state index contributed by atoms with van der Waals surface area (Å²) in [5.41, 5.74) is 0.713. The Hall–Kier alpha value is -2.30. The van der Waals surface area contributed by atoms with Crippen LogP contribution in [-0.2, 0) is 6.54 Å². The van der Waals surface area contributed by atoms with Crippen molar-refractivity contribution in [2.75, 3.05) is 12.4 Å². The first-order valence-corrected chi connectivity index (χ1v) is 5.47. The first-order valence-electron chi connectivity index (χ1n) is 5.47. The highest BCUT2D eigenvalue weighted by atomic mass is 19.1. The van der Waals surface area contributed by atoms with Gasteiger partial charge in [0.2, 0.25) is 5.95 Å². The van der Waals surface area contributed by atoms with Gasteiger partial charge in [0.15, 0.2) is 11.6 Å². The van der Waals surface area contributed by atoms with Crippen molar-refractivity contribution >= 4 is 11.6 Å². The van der Waals surface area contributed by atoms with Crippen LogP contribution in [0.25, 0.3) is 0 Å².